The molecule has 7 nitrogen and oxygen atoms in total. The van der Waals surface area contributed by atoms with E-state index in [1.165, 1.54) is 4.90 Å². The molecule has 9 heteroatoms. The van der Waals surface area contributed by atoms with Gasteiger partial charge in [-0.2, -0.15) is 8.42 Å². The highest BCUT2D eigenvalue weighted by molar-refractivity contribution is 7.91. The molecule has 0 aliphatic carbocycles. The average molecular weight is 341 g/mol. The van der Waals surface area contributed by atoms with Crippen molar-refractivity contribution < 1.29 is 25.8 Å². The summed E-state index contributed by atoms with van der Waals surface area (Å²) in [5, 5.41) is 0. The zero-order chi connectivity index (χ0) is 16.5. The lowest BCUT2D eigenvalue weighted by molar-refractivity contribution is -0.136. The highest BCUT2D eigenvalue weighted by atomic mass is 32.2. The molecule has 0 spiro atoms. The molecule has 1 amide bonds. The van der Waals surface area contributed by atoms with E-state index in [0.29, 0.717) is 13.0 Å². The summed E-state index contributed by atoms with van der Waals surface area (Å²) < 4.78 is 49.7. The molecule has 0 saturated carbocycles. The highest BCUT2D eigenvalue weighted by Gasteiger charge is 2.36. The summed E-state index contributed by atoms with van der Waals surface area (Å²) in [7, 11) is -6.83. The van der Waals surface area contributed by atoms with E-state index in [-0.39, 0.29) is 16.9 Å². The molecule has 0 N–H and O–H groups in total. The Kier molecular flexibility index (Phi) is 5.44. The Morgan fingerprint density at radius 3 is 2.29 bits per heavy atom. The van der Waals surface area contributed by atoms with Crippen molar-refractivity contribution in [1.82, 2.24) is 4.90 Å². The fourth-order valence-corrected chi connectivity index (χ4v) is 4.24. The summed E-state index contributed by atoms with van der Waals surface area (Å²) in [6, 6.07) is -0.412. The van der Waals surface area contributed by atoms with Crippen LogP contribution in [-0.2, 0) is 28.9 Å². The smallest absolute Gasteiger partial charge is 0.264 e. The zero-order valence-corrected chi connectivity index (χ0v) is 14.5. The van der Waals surface area contributed by atoms with E-state index in [1.54, 1.807) is 0 Å². The molecule has 0 aromatic rings. The number of nitrogens with zero attached hydrogens (tertiary/aromatic N) is 1. The molecule has 0 aromatic heterocycles. The van der Waals surface area contributed by atoms with Gasteiger partial charge in [-0.3, -0.25) is 8.98 Å². The van der Waals surface area contributed by atoms with Gasteiger partial charge in [-0.15, -0.1) is 0 Å². The lowest BCUT2D eigenvalue weighted by atomic mass is 9.95. The van der Waals surface area contributed by atoms with Gasteiger partial charge >= 0.3 is 0 Å². The average Bonchev–Trinajstić information content (AvgIpc) is 2.61. The second-order valence-electron chi connectivity index (χ2n) is 6.61. The predicted octanol–water partition coefficient (Wildman–Crippen LogP) is 0.0244. The van der Waals surface area contributed by atoms with Crippen LogP contribution < -0.4 is 0 Å². The predicted molar refractivity (Wildman–Crippen MR) is 79.0 cm³/mol. The molecule has 1 rings (SSSR count). The minimum Gasteiger partial charge on any atom is -0.336 e. The largest absolute Gasteiger partial charge is 0.336 e. The van der Waals surface area contributed by atoms with Crippen LogP contribution in [0.2, 0.25) is 0 Å². The maximum atomic E-state index is 12.2. The maximum absolute atomic E-state index is 12.2. The van der Waals surface area contributed by atoms with Crippen molar-refractivity contribution in [2.24, 2.45) is 5.41 Å². The Bertz CT molecular complexity index is 588. The number of rotatable bonds is 5. The minimum atomic E-state index is -3.71. The van der Waals surface area contributed by atoms with Gasteiger partial charge in [0, 0.05) is 12.6 Å². The second kappa shape index (κ2) is 6.21. The normalized spacial score (nSPS) is 22.2. The van der Waals surface area contributed by atoms with Crippen LogP contribution in [0.1, 0.15) is 27.2 Å². The lowest BCUT2D eigenvalue weighted by Crippen LogP contribution is -2.47. The Morgan fingerprint density at radius 2 is 1.90 bits per heavy atom. The number of carbonyl (C=O) groups excluding carboxylic acids is 1. The summed E-state index contributed by atoms with van der Waals surface area (Å²) in [5.41, 5.74) is -0.229. The van der Waals surface area contributed by atoms with Crippen molar-refractivity contribution in [3.63, 3.8) is 0 Å². The number of amides is 1. The fraction of sp³-hybridized carbons (Fsp3) is 0.917. The molecule has 0 radical (unpaired) electrons. The molecule has 1 aliphatic rings. The van der Waals surface area contributed by atoms with Crippen molar-refractivity contribution in [2.45, 2.75) is 33.2 Å². The number of hydrogen-bond acceptors (Lipinski definition) is 6. The molecule has 124 valence electrons. The first kappa shape index (κ1) is 18.4. The topological polar surface area (TPSA) is 97.8 Å². The zero-order valence-electron chi connectivity index (χ0n) is 12.8. The van der Waals surface area contributed by atoms with E-state index in [9.17, 15) is 21.6 Å². The number of hydrogen-bond donors (Lipinski definition) is 0. The molecular formula is C12H23NO6S2. The molecule has 1 heterocycles. The van der Waals surface area contributed by atoms with Gasteiger partial charge in [0.15, 0.2) is 9.84 Å². The monoisotopic (exact) mass is 341 g/mol. The SMILES string of the molecule is CC(C)(C)CN(C(=O)COS(C)(=O)=O)C1CCS(=O)(=O)C1. The first-order valence-electron chi connectivity index (χ1n) is 6.63. The molecule has 1 fully saturated rings. The molecule has 21 heavy (non-hydrogen) atoms. The van der Waals surface area contributed by atoms with Crippen LogP contribution in [0.3, 0.4) is 0 Å². The molecule has 1 unspecified atom stereocenters. The molecule has 1 saturated heterocycles. The van der Waals surface area contributed by atoms with Gasteiger partial charge in [0.25, 0.3) is 10.1 Å². The van der Waals surface area contributed by atoms with Gasteiger partial charge in [-0.25, -0.2) is 8.42 Å². The summed E-state index contributed by atoms with van der Waals surface area (Å²) in [5.74, 6) is -0.524. The molecule has 1 atom stereocenters. The third-order valence-electron chi connectivity index (χ3n) is 3.01. The van der Waals surface area contributed by atoms with Crippen LogP contribution >= 0.6 is 0 Å². The quantitative estimate of drug-likeness (QED) is 0.654. The van der Waals surface area contributed by atoms with Gasteiger partial charge in [-0.1, -0.05) is 20.8 Å². The summed E-state index contributed by atoms with van der Waals surface area (Å²) in [6.45, 7) is 5.53. The second-order valence-corrected chi connectivity index (χ2v) is 10.5. The van der Waals surface area contributed by atoms with E-state index in [2.05, 4.69) is 4.18 Å². The first-order chi connectivity index (χ1) is 9.29. The van der Waals surface area contributed by atoms with E-state index in [1.807, 2.05) is 20.8 Å². The number of carbonyl (C=O) groups is 1. The third-order valence-corrected chi connectivity index (χ3v) is 5.31. The van der Waals surface area contributed by atoms with Crippen LogP contribution in [0.4, 0.5) is 0 Å². The molecular weight excluding hydrogens is 318 g/mol. The molecule has 0 bridgehead atoms. The summed E-state index contributed by atoms with van der Waals surface area (Å²) >= 11 is 0. The lowest BCUT2D eigenvalue weighted by Gasteiger charge is -2.34. The van der Waals surface area contributed by atoms with Crippen molar-refractivity contribution in [1.29, 1.82) is 0 Å². The first-order valence-corrected chi connectivity index (χ1v) is 10.3. The minimum absolute atomic E-state index is 0.0541. The Hall–Kier alpha value is -0.670. The molecule has 0 aromatic carbocycles. The van der Waals surface area contributed by atoms with Crippen LogP contribution in [-0.4, -0.2) is 64.6 Å². The fourth-order valence-electron chi connectivity index (χ4n) is 2.19. The summed E-state index contributed by atoms with van der Waals surface area (Å²) in [6.07, 6.45) is 1.25. The third kappa shape index (κ3) is 6.75. The number of sulfone groups is 1. The standard InChI is InChI=1S/C12H23NO6S2/c1-12(2,3)9-13(10-5-6-21(17,18)8-10)11(14)7-19-20(4,15)16/h10H,5-9H2,1-4H3. The Labute approximate surface area is 126 Å². The highest BCUT2D eigenvalue weighted by Crippen LogP contribution is 2.23. The van der Waals surface area contributed by atoms with Gasteiger partial charge in [0.2, 0.25) is 5.91 Å². The van der Waals surface area contributed by atoms with Gasteiger partial charge in [0.1, 0.15) is 6.61 Å². The van der Waals surface area contributed by atoms with Crippen LogP contribution in [0.25, 0.3) is 0 Å². The van der Waals surface area contributed by atoms with Crippen LogP contribution in [0.5, 0.6) is 0 Å². The van der Waals surface area contributed by atoms with Crippen molar-refractivity contribution >= 4 is 25.9 Å². The van der Waals surface area contributed by atoms with Crippen molar-refractivity contribution in [3.8, 4) is 0 Å². The van der Waals surface area contributed by atoms with Gasteiger partial charge < -0.3 is 4.90 Å². The van der Waals surface area contributed by atoms with E-state index in [0.717, 1.165) is 6.26 Å². The van der Waals surface area contributed by atoms with Crippen molar-refractivity contribution in [2.75, 3.05) is 30.9 Å². The van der Waals surface area contributed by atoms with Gasteiger partial charge in [0.05, 0.1) is 17.8 Å². The van der Waals surface area contributed by atoms with E-state index < -0.39 is 38.5 Å². The Morgan fingerprint density at radius 1 is 1.33 bits per heavy atom. The van der Waals surface area contributed by atoms with Gasteiger partial charge in [-0.05, 0) is 11.8 Å². The van der Waals surface area contributed by atoms with Crippen LogP contribution in [0.15, 0.2) is 0 Å². The van der Waals surface area contributed by atoms with E-state index in [4.69, 9.17) is 0 Å². The van der Waals surface area contributed by atoms with Crippen LogP contribution in [0, 0.1) is 5.41 Å². The summed E-state index contributed by atoms with van der Waals surface area (Å²) in [4.78, 5) is 13.6. The van der Waals surface area contributed by atoms with E-state index >= 15 is 0 Å². The maximum Gasteiger partial charge on any atom is 0.264 e. The van der Waals surface area contributed by atoms with Crippen molar-refractivity contribution in [3.05, 3.63) is 0 Å². The molecule has 1 aliphatic heterocycles. The Balaban J connectivity index is 2.85.